The highest BCUT2D eigenvalue weighted by atomic mass is 35.5. The van der Waals surface area contributed by atoms with E-state index in [0.717, 1.165) is 31.1 Å². The maximum absolute atomic E-state index is 5.93. The molecule has 1 heterocycles. The molecule has 0 aromatic heterocycles. The molecule has 0 bridgehead atoms. The molecule has 0 atom stereocenters. The van der Waals surface area contributed by atoms with Crippen molar-refractivity contribution in [2.24, 2.45) is 5.73 Å². The van der Waals surface area contributed by atoms with Crippen LogP contribution in [0.2, 0.25) is 5.02 Å². The topological polar surface area (TPSA) is 32.5 Å². The standard InChI is InChI=1S/C16H26ClN3/c1-19-10-7-16(8-11-19)20(13-9-18)12-6-14-2-4-15(17)5-3-14/h2-5,16H,6-13,18H2,1H3. The van der Waals surface area contributed by atoms with Gasteiger partial charge in [0.05, 0.1) is 0 Å². The van der Waals surface area contributed by atoms with Gasteiger partial charge in [-0.05, 0) is 57.1 Å². The van der Waals surface area contributed by atoms with Crippen molar-refractivity contribution in [2.75, 3.05) is 39.8 Å². The van der Waals surface area contributed by atoms with E-state index in [-0.39, 0.29) is 0 Å². The lowest BCUT2D eigenvalue weighted by Crippen LogP contribution is -2.46. The minimum absolute atomic E-state index is 0.696. The van der Waals surface area contributed by atoms with Gasteiger partial charge >= 0.3 is 0 Å². The fraction of sp³-hybridized carbons (Fsp3) is 0.625. The van der Waals surface area contributed by atoms with Crippen LogP contribution in [-0.2, 0) is 6.42 Å². The van der Waals surface area contributed by atoms with Crippen molar-refractivity contribution < 1.29 is 0 Å². The summed E-state index contributed by atoms with van der Waals surface area (Å²) in [5, 5.41) is 0.808. The van der Waals surface area contributed by atoms with Crippen LogP contribution in [0, 0.1) is 0 Å². The van der Waals surface area contributed by atoms with Gasteiger partial charge in [0.2, 0.25) is 0 Å². The Hall–Kier alpha value is -0.610. The summed E-state index contributed by atoms with van der Waals surface area (Å²) in [5.74, 6) is 0. The van der Waals surface area contributed by atoms with Gasteiger partial charge in [-0.1, -0.05) is 23.7 Å². The fourth-order valence-electron chi connectivity index (χ4n) is 2.93. The molecule has 0 amide bonds. The first-order valence-electron chi connectivity index (χ1n) is 7.56. The molecule has 1 fully saturated rings. The number of hydrogen-bond donors (Lipinski definition) is 1. The van der Waals surface area contributed by atoms with Crippen LogP contribution in [0.1, 0.15) is 18.4 Å². The third kappa shape index (κ3) is 4.74. The predicted molar refractivity (Wildman–Crippen MR) is 86.3 cm³/mol. The fourth-order valence-corrected chi connectivity index (χ4v) is 3.05. The zero-order valence-electron chi connectivity index (χ0n) is 12.4. The molecule has 0 aliphatic carbocycles. The quantitative estimate of drug-likeness (QED) is 0.874. The molecule has 1 aliphatic heterocycles. The zero-order chi connectivity index (χ0) is 14.4. The highest BCUT2D eigenvalue weighted by Crippen LogP contribution is 2.16. The van der Waals surface area contributed by atoms with Gasteiger partial charge in [0.15, 0.2) is 0 Å². The monoisotopic (exact) mass is 295 g/mol. The summed E-state index contributed by atoms with van der Waals surface area (Å²) in [6.45, 7) is 5.24. The summed E-state index contributed by atoms with van der Waals surface area (Å²) >= 11 is 5.93. The molecule has 112 valence electrons. The summed E-state index contributed by atoms with van der Waals surface area (Å²) in [6.07, 6.45) is 3.59. The zero-order valence-corrected chi connectivity index (χ0v) is 13.1. The molecule has 3 nitrogen and oxygen atoms in total. The summed E-state index contributed by atoms with van der Waals surface area (Å²) in [5.41, 5.74) is 7.13. The lowest BCUT2D eigenvalue weighted by molar-refractivity contribution is 0.124. The molecule has 0 saturated carbocycles. The van der Waals surface area contributed by atoms with E-state index in [1.807, 2.05) is 12.1 Å². The number of benzene rings is 1. The van der Waals surface area contributed by atoms with Crippen molar-refractivity contribution in [2.45, 2.75) is 25.3 Å². The number of likely N-dealkylation sites (tertiary alicyclic amines) is 1. The maximum atomic E-state index is 5.93. The molecule has 20 heavy (non-hydrogen) atoms. The Morgan fingerprint density at radius 1 is 1.20 bits per heavy atom. The number of rotatable bonds is 6. The van der Waals surface area contributed by atoms with Crippen LogP contribution in [0.5, 0.6) is 0 Å². The van der Waals surface area contributed by atoms with Gasteiger partial charge in [0.1, 0.15) is 0 Å². The van der Waals surface area contributed by atoms with Crippen LogP contribution >= 0.6 is 11.6 Å². The van der Waals surface area contributed by atoms with Gasteiger partial charge in [-0.15, -0.1) is 0 Å². The Bertz CT molecular complexity index is 385. The van der Waals surface area contributed by atoms with Gasteiger partial charge in [-0.2, -0.15) is 0 Å². The molecule has 1 aromatic carbocycles. The van der Waals surface area contributed by atoms with Crippen LogP contribution in [0.15, 0.2) is 24.3 Å². The SMILES string of the molecule is CN1CCC(N(CCN)CCc2ccc(Cl)cc2)CC1. The first-order valence-corrected chi connectivity index (χ1v) is 7.94. The Morgan fingerprint density at radius 2 is 1.85 bits per heavy atom. The Kier molecular flexibility index (Phi) is 6.30. The van der Waals surface area contributed by atoms with Crippen LogP contribution in [0.3, 0.4) is 0 Å². The summed E-state index contributed by atoms with van der Waals surface area (Å²) in [7, 11) is 2.21. The van der Waals surface area contributed by atoms with Crippen molar-refractivity contribution in [3.05, 3.63) is 34.9 Å². The van der Waals surface area contributed by atoms with Crippen LogP contribution < -0.4 is 5.73 Å². The van der Waals surface area contributed by atoms with E-state index in [1.165, 1.54) is 31.5 Å². The van der Waals surface area contributed by atoms with Gasteiger partial charge in [-0.25, -0.2) is 0 Å². The average molecular weight is 296 g/mol. The van der Waals surface area contributed by atoms with Crippen LogP contribution in [-0.4, -0.2) is 55.6 Å². The largest absolute Gasteiger partial charge is 0.329 e. The minimum atomic E-state index is 0.696. The van der Waals surface area contributed by atoms with Crippen molar-refractivity contribution in [3.63, 3.8) is 0 Å². The van der Waals surface area contributed by atoms with E-state index in [4.69, 9.17) is 17.3 Å². The predicted octanol–water partition coefficient (Wildman–Crippen LogP) is 2.24. The Morgan fingerprint density at radius 3 is 2.45 bits per heavy atom. The van der Waals surface area contributed by atoms with Crippen LogP contribution in [0.4, 0.5) is 0 Å². The van der Waals surface area contributed by atoms with Crippen molar-refractivity contribution in [1.29, 1.82) is 0 Å². The lowest BCUT2D eigenvalue weighted by atomic mass is 10.0. The molecule has 0 radical (unpaired) electrons. The second-order valence-electron chi connectivity index (χ2n) is 5.74. The van der Waals surface area contributed by atoms with Crippen LogP contribution in [0.25, 0.3) is 0 Å². The van der Waals surface area contributed by atoms with E-state index < -0.39 is 0 Å². The number of nitrogens with two attached hydrogens (primary N) is 1. The summed E-state index contributed by atoms with van der Waals surface area (Å²) in [6, 6.07) is 8.89. The normalized spacial score (nSPS) is 17.8. The lowest BCUT2D eigenvalue weighted by Gasteiger charge is -2.37. The third-order valence-electron chi connectivity index (χ3n) is 4.22. The molecule has 0 spiro atoms. The molecule has 2 rings (SSSR count). The molecule has 0 unspecified atom stereocenters. The number of nitrogens with zero attached hydrogens (tertiary/aromatic N) is 2. The first-order chi connectivity index (χ1) is 9.69. The molecule has 1 saturated heterocycles. The highest BCUT2D eigenvalue weighted by Gasteiger charge is 2.22. The number of piperidine rings is 1. The second kappa shape index (κ2) is 7.99. The van der Waals surface area contributed by atoms with Crippen molar-refractivity contribution in [3.8, 4) is 0 Å². The molecule has 4 heteroatoms. The number of halogens is 1. The average Bonchev–Trinajstić information content (AvgIpc) is 2.46. The summed E-state index contributed by atoms with van der Waals surface area (Å²) < 4.78 is 0. The Labute approximate surface area is 127 Å². The molecule has 1 aliphatic rings. The second-order valence-corrected chi connectivity index (χ2v) is 6.17. The van der Waals surface area contributed by atoms with Gasteiger partial charge in [0.25, 0.3) is 0 Å². The van der Waals surface area contributed by atoms with Crippen molar-refractivity contribution >= 4 is 11.6 Å². The Balaban J connectivity index is 1.87. The molecule has 1 aromatic rings. The van der Waals surface area contributed by atoms with E-state index in [1.54, 1.807) is 0 Å². The summed E-state index contributed by atoms with van der Waals surface area (Å²) in [4.78, 5) is 4.98. The minimum Gasteiger partial charge on any atom is -0.329 e. The number of hydrogen-bond acceptors (Lipinski definition) is 3. The highest BCUT2D eigenvalue weighted by molar-refractivity contribution is 6.30. The van der Waals surface area contributed by atoms with E-state index >= 15 is 0 Å². The maximum Gasteiger partial charge on any atom is 0.0406 e. The third-order valence-corrected chi connectivity index (χ3v) is 4.47. The first kappa shape index (κ1) is 15.8. The van der Waals surface area contributed by atoms with Gasteiger partial charge < -0.3 is 10.6 Å². The van der Waals surface area contributed by atoms with E-state index in [0.29, 0.717) is 6.04 Å². The molecule has 2 N–H and O–H groups in total. The van der Waals surface area contributed by atoms with Gasteiger partial charge in [-0.3, -0.25) is 4.90 Å². The van der Waals surface area contributed by atoms with Gasteiger partial charge in [0, 0.05) is 30.7 Å². The van der Waals surface area contributed by atoms with E-state index in [9.17, 15) is 0 Å². The van der Waals surface area contributed by atoms with E-state index in [2.05, 4.69) is 29.0 Å². The molecular formula is C16H26ClN3. The van der Waals surface area contributed by atoms with Crippen molar-refractivity contribution in [1.82, 2.24) is 9.80 Å². The molecular weight excluding hydrogens is 270 g/mol. The smallest absolute Gasteiger partial charge is 0.0406 e.